The van der Waals surface area contributed by atoms with Gasteiger partial charge in [0.25, 0.3) is 0 Å². The fourth-order valence-electron chi connectivity index (χ4n) is 3.67. The van der Waals surface area contributed by atoms with Crippen LogP contribution in [0.3, 0.4) is 0 Å². The normalized spacial score (nSPS) is 15.3. The average Bonchev–Trinajstić information content (AvgIpc) is 2.67. The zero-order valence-corrected chi connectivity index (χ0v) is 18.1. The summed E-state index contributed by atoms with van der Waals surface area (Å²) in [5, 5.41) is 9.03. The first-order valence-corrected chi connectivity index (χ1v) is 9.92. The number of carboxylic acid groups (broad SMARTS) is 1. The van der Waals surface area contributed by atoms with E-state index in [0.717, 1.165) is 44.5 Å². The summed E-state index contributed by atoms with van der Waals surface area (Å²) < 4.78 is 0. The molecule has 6 nitrogen and oxygen atoms in total. The van der Waals surface area contributed by atoms with Crippen LogP contribution in [0.15, 0.2) is 24.3 Å². The lowest BCUT2D eigenvalue weighted by Gasteiger charge is -2.37. The third kappa shape index (κ3) is 7.41. The molecule has 0 aromatic heterocycles. The molecule has 1 aromatic carbocycles. The summed E-state index contributed by atoms with van der Waals surface area (Å²) in [6.07, 6.45) is 2.85. The highest BCUT2D eigenvalue weighted by atomic mass is 35.5. The number of amides is 1. The summed E-state index contributed by atoms with van der Waals surface area (Å²) in [5.41, 5.74) is 2.45. The van der Waals surface area contributed by atoms with Gasteiger partial charge in [0, 0.05) is 32.7 Å². The molecule has 1 fully saturated rings. The monoisotopic (exact) mass is 411 g/mol. The molecular weight excluding hydrogens is 378 g/mol. The Bertz CT molecular complexity index is 616. The lowest BCUT2D eigenvalue weighted by atomic mass is 10.0. The highest BCUT2D eigenvalue weighted by Crippen LogP contribution is 2.16. The number of hydrogen-bond donors (Lipinski definition) is 1. The number of piperidine rings is 1. The minimum absolute atomic E-state index is 0. The Hall–Kier alpha value is -1.63. The van der Waals surface area contributed by atoms with Gasteiger partial charge in [0.05, 0.1) is 13.1 Å². The molecule has 28 heavy (non-hydrogen) atoms. The second-order valence-corrected chi connectivity index (χ2v) is 7.38. The Morgan fingerprint density at radius 2 is 1.68 bits per heavy atom. The van der Waals surface area contributed by atoms with Crippen molar-refractivity contribution in [2.75, 3.05) is 39.8 Å². The lowest BCUT2D eigenvalue weighted by Crippen LogP contribution is -2.48. The summed E-state index contributed by atoms with van der Waals surface area (Å²) in [6, 6.07) is 8.72. The maximum atomic E-state index is 12.6. The zero-order valence-electron chi connectivity index (χ0n) is 17.3. The van der Waals surface area contributed by atoms with E-state index in [4.69, 9.17) is 5.11 Å². The Labute approximate surface area is 174 Å². The minimum atomic E-state index is -0.775. The van der Waals surface area contributed by atoms with Crippen LogP contribution in [0.2, 0.25) is 0 Å². The second kappa shape index (κ2) is 12.0. The number of benzene rings is 1. The highest BCUT2D eigenvalue weighted by Gasteiger charge is 2.26. The van der Waals surface area contributed by atoms with Gasteiger partial charge in [-0.25, -0.2) is 0 Å². The number of aliphatic carboxylic acids is 1. The third-order valence-electron chi connectivity index (χ3n) is 5.45. The molecule has 1 amide bonds. The van der Waals surface area contributed by atoms with Crippen molar-refractivity contribution in [2.24, 2.45) is 0 Å². The molecule has 158 valence electrons. The van der Waals surface area contributed by atoms with Gasteiger partial charge in [-0.1, -0.05) is 38.1 Å². The number of aryl methyl sites for hydroxylation is 1. The third-order valence-corrected chi connectivity index (χ3v) is 5.45. The Morgan fingerprint density at radius 1 is 1.11 bits per heavy atom. The summed E-state index contributed by atoms with van der Waals surface area (Å²) >= 11 is 0. The quantitative estimate of drug-likeness (QED) is 0.676. The number of carboxylic acids is 1. The van der Waals surface area contributed by atoms with Crippen molar-refractivity contribution in [3.05, 3.63) is 35.4 Å². The number of likely N-dealkylation sites (N-methyl/N-ethyl adjacent to an activating group) is 2. The summed E-state index contributed by atoms with van der Waals surface area (Å²) in [6.45, 7) is 7.71. The van der Waals surface area contributed by atoms with E-state index in [9.17, 15) is 9.59 Å². The van der Waals surface area contributed by atoms with Crippen LogP contribution < -0.4 is 0 Å². The van der Waals surface area contributed by atoms with Crippen LogP contribution in [0, 0.1) is 0 Å². The van der Waals surface area contributed by atoms with Gasteiger partial charge >= 0.3 is 5.97 Å². The zero-order chi connectivity index (χ0) is 19.8. The fraction of sp³-hybridized carbons (Fsp3) is 0.619. The van der Waals surface area contributed by atoms with E-state index in [-0.39, 0.29) is 24.9 Å². The van der Waals surface area contributed by atoms with E-state index in [1.165, 1.54) is 5.56 Å². The number of halogens is 1. The molecule has 0 unspecified atom stereocenters. The van der Waals surface area contributed by atoms with E-state index in [2.05, 4.69) is 36.1 Å². The first kappa shape index (κ1) is 24.4. The number of hydrogen-bond acceptors (Lipinski definition) is 4. The van der Waals surface area contributed by atoms with E-state index in [1.807, 2.05) is 18.9 Å². The van der Waals surface area contributed by atoms with Gasteiger partial charge in [0.15, 0.2) is 0 Å². The molecule has 0 radical (unpaired) electrons. The Morgan fingerprint density at radius 3 is 2.18 bits per heavy atom. The van der Waals surface area contributed by atoms with Gasteiger partial charge in [-0.05, 0) is 36.9 Å². The van der Waals surface area contributed by atoms with E-state index in [1.54, 1.807) is 4.90 Å². The number of nitrogens with zero attached hydrogens (tertiary/aromatic N) is 3. The maximum absolute atomic E-state index is 12.6. The summed E-state index contributed by atoms with van der Waals surface area (Å²) in [7, 11) is 1.86. The lowest BCUT2D eigenvalue weighted by molar-refractivity contribution is -0.139. The molecule has 1 N–H and O–H groups in total. The second-order valence-electron chi connectivity index (χ2n) is 7.38. The fourth-order valence-corrected chi connectivity index (χ4v) is 3.67. The van der Waals surface area contributed by atoms with Crippen LogP contribution in [-0.2, 0) is 22.6 Å². The molecular formula is C21H34ClN3O3. The topological polar surface area (TPSA) is 64.1 Å². The van der Waals surface area contributed by atoms with Crippen molar-refractivity contribution >= 4 is 24.3 Å². The van der Waals surface area contributed by atoms with Crippen LogP contribution in [0.4, 0.5) is 0 Å². The molecule has 1 saturated heterocycles. The molecule has 1 aliphatic rings. The van der Waals surface area contributed by atoms with Crippen LogP contribution in [-0.4, -0.2) is 77.5 Å². The summed E-state index contributed by atoms with van der Waals surface area (Å²) in [4.78, 5) is 29.5. The van der Waals surface area contributed by atoms with Crippen molar-refractivity contribution in [2.45, 2.75) is 45.7 Å². The first-order valence-electron chi connectivity index (χ1n) is 9.92. The van der Waals surface area contributed by atoms with Gasteiger partial charge in [-0.2, -0.15) is 0 Å². The minimum Gasteiger partial charge on any atom is -0.480 e. The van der Waals surface area contributed by atoms with Gasteiger partial charge in [-0.3, -0.25) is 19.4 Å². The van der Waals surface area contributed by atoms with Crippen LogP contribution in [0.1, 0.15) is 37.8 Å². The predicted molar refractivity (Wildman–Crippen MR) is 114 cm³/mol. The number of carbonyl (C=O) groups excluding carboxylic acids is 1. The van der Waals surface area contributed by atoms with E-state index < -0.39 is 5.97 Å². The Kier molecular flexibility index (Phi) is 10.5. The largest absolute Gasteiger partial charge is 0.480 e. The summed E-state index contributed by atoms with van der Waals surface area (Å²) in [5.74, 6) is -0.644. The molecule has 1 aromatic rings. The molecule has 7 heteroatoms. The molecule has 0 atom stereocenters. The first-order chi connectivity index (χ1) is 12.9. The average molecular weight is 412 g/mol. The number of rotatable bonds is 9. The van der Waals surface area contributed by atoms with Crippen molar-refractivity contribution < 1.29 is 14.7 Å². The van der Waals surface area contributed by atoms with Gasteiger partial charge in [0.2, 0.25) is 5.91 Å². The SMILES string of the molecule is CCc1ccc(CN(C)C(=O)CN2CCC(N(CC)CC(=O)O)CC2)cc1.Cl. The molecule has 0 aliphatic carbocycles. The molecule has 1 heterocycles. The van der Waals surface area contributed by atoms with Crippen LogP contribution in [0.5, 0.6) is 0 Å². The van der Waals surface area contributed by atoms with Crippen molar-refractivity contribution in [3.63, 3.8) is 0 Å². The van der Waals surface area contributed by atoms with E-state index >= 15 is 0 Å². The Balaban J connectivity index is 0.00000392. The molecule has 1 aliphatic heterocycles. The highest BCUT2D eigenvalue weighted by molar-refractivity contribution is 5.85. The molecule has 0 saturated carbocycles. The predicted octanol–water partition coefficient (Wildman–Crippen LogP) is 2.50. The molecule has 2 rings (SSSR count). The van der Waals surface area contributed by atoms with E-state index in [0.29, 0.717) is 19.1 Å². The van der Waals surface area contributed by atoms with Crippen molar-refractivity contribution in [1.82, 2.24) is 14.7 Å². The van der Waals surface area contributed by atoms with Gasteiger partial charge < -0.3 is 10.0 Å². The molecule has 0 bridgehead atoms. The number of carbonyl (C=O) groups is 2. The van der Waals surface area contributed by atoms with Gasteiger partial charge in [-0.15, -0.1) is 12.4 Å². The maximum Gasteiger partial charge on any atom is 0.317 e. The van der Waals surface area contributed by atoms with Gasteiger partial charge in [0.1, 0.15) is 0 Å². The standard InChI is InChI=1S/C21H33N3O3.ClH/c1-4-17-6-8-18(9-7-17)14-22(3)20(25)15-23-12-10-19(11-13-23)24(5-2)16-21(26)27;/h6-9,19H,4-5,10-16H2,1-3H3,(H,26,27);1H. The number of likely N-dealkylation sites (tertiary alicyclic amines) is 1. The van der Waals surface area contributed by atoms with Crippen LogP contribution >= 0.6 is 12.4 Å². The van der Waals surface area contributed by atoms with Crippen molar-refractivity contribution in [1.29, 1.82) is 0 Å². The van der Waals surface area contributed by atoms with Crippen LogP contribution in [0.25, 0.3) is 0 Å². The van der Waals surface area contributed by atoms with Crippen molar-refractivity contribution in [3.8, 4) is 0 Å². The molecule has 0 spiro atoms. The smallest absolute Gasteiger partial charge is 0.317 e.